The fourth-order valence-electron chi connectivity index (χ4n) is 2.86. The molecule has 2 fully saturated rings. The summed E-state index contributed by atoms with van der Waals surface area (Å²) in [6, 6.07) is 8.80. The molecular formula is C16H23BO2. The number of hydrogen-bond donors (Lipinski definition) is 0. The summed E-state index contributed by atoms with van der Waals surface area (Å²) in [5.74, 6) is 1.12. The third-order valence-corrected chi connectivity index (χ3v) is 4.93. The molecule has 2 unspecified atom stereocenters. The van der Waals surface area contributed by atoms with Gasteiger partial charge in [0.25, 0.3) is 0 Å². The van der Waals surface area contributed by atoms with Gasteiger partial charge in [-0.15, -0.1) is 0 Å². The molecule has 3 heteroatoms. The minimum Gasteiger partial charge on any atom is -0.403 e. The van der Waals surface area contributed by atoms with Gasteiger partial charge in [0.2, 0.25) is 0 Å². The molecule has 3 rings (SSSR count). The first-order chi connectivity index (χ1) is 8.80. The Morgan fingerprint density at radius 3 is 2.32 bits per heavy atom. The van der Waals surface area contributed by atoms with Crippen LogP contribution in [0.4, 0.5) is 0 Å². The molecule has 1 saturated heterocycles. The summed E-state index contributed by atoms with van der Waals surface area (Å²) in [6.07, 6.45) is 1.18. The summed E-state index contributed by atoms with van der Waals surface area (Å²) in [4.78, 5) is 0. The first kappa shape index (κ1) is 13.2. The lowest BCUT2D eigenvalue weighted by molar-refractivity contribution is 0.00578. The molecule has 2 nitrogen and oxygen atoms in total. The van der Waals surface area contributed by atoms with Crippen molar-refractivity contribution in [1.29, 1.82) is 0 Å². The molecule has 0 spiro atoms. The first-order valence-electron chi connectivity index (χ1n) is 7.22. The maximum Gasteiger partial charge on any atom is 0.461 e. The second-order valence-corrected chi connectivity index (χ2v) is 7.04. The van der Waals surface area contributed by atoms with Gasteiger partial charge in [0, 0.05) is 5.82 Å². The second kappa shape index (κ2) is 4.10. The van der Waals surface area contributed by atoms with Crippen molar-refractivity contribution >= 4 is 7.12 Å². The molecule has 0 bridgehead atoms. The number of rotatable bonds is 2. The predicted octanol–water partition coefficient (Wildman–Crippen LogP) is 3.94. The predicted molar refractivity (Wildman–Crippen MR) is 78.4 cm³/mol. The second-order valence-electron chi connectivity index (χ2n) is 7.04. The molecule has 1 heterocycles. The minimum atomic E-state index is -0.211. The highest BCUT2D eigenvalue weighted by Crippen LogP contribution is 2.58. The average molecular weight is 258 g/mol. The Kier molecular flexibility index (Phi) is 2.85. The molecule has 1 aliphatic heterocycles. The summed E-state index contributed by atoms with van der Waals surface area (Å²) in [7, 11) is -0.0458. The summed E-state index contributed by atoms with van der Waals surface area (Å²) in [5, 5.41) is 0. The van der Waals surface area contributed by atoms with Gasteiger partial charge < -0.3 is 9.31 Å². The van der Waals surface area contributed by atoms with Crippen molar-refractivity contribution in [3.05, 3.63) is 35.4 Å². The third-order valence-electron chi connectivity index (χ3n) is 4.93. The zero-order valence-corrected chi connectivity index (χ0v) is 12.6. The Hall–Kier alpha value is -0.795. The Bertz CT molecular complexity index is 479. The smallest absolute Gasteiger partial charge is 0.403 e. The quantitative estimate of drug-likeness (QED) is 0.748. The minimum absolute atomic E-state index is 0.0458. The lowest BCUT2D eigenvalue weighted by Gasteiger charge is -2.32. The molecule has 0 amide bonds. The third kappa shape index (κ3) is 2.23. The lowest BCUT2D eigenvalue weighted by atomic mass is 9.79. The highest BCUT2D eigenvalue weighted by atomic mass is 16.7. The number of aryl methyl sites for hydroxylation is 1. The van der Waals surface area contributed by atoms with E-state index in [4.69, 9.17) is 9.31 Å². The van der Waals surface area contributed by atoms with Crippen LogP contribution in [-0.2, 0) is 9.31 Å². The zero-order valence-electron chi connectivity index (χ0n) is 12.6. The van der Waals surface area contributed by atoms with Gasteiger partial charge in [0.1, 0.15) is 0 Å². The van der Waals surface area contributed by atoms with Crippen LogP contribution >= 0.6 is 0 Å². The largest absolute Gasteiger partial charge is 0.461 e. The molecule has 2 atom stereocenters. The average Bonchev–Trinajstić information content (AvgIpc) is 3.03. The van der Waals surface area contributed by atoms with Crippen LogP contribution < -0.4 is 0 Å². The molecule has 2 aliphatic rings. The van der Waals surface area contributed by atoms with Crippen LogP contribution in [0.5, 0.6) is 0 Å². The van der Waals surface area contributed by atoms with E-state index >= 15 is 0 Å². The van der Waals surface area contributed by atoms with Gasteiger partial charge in [0.05, 0.1) is 11.2 Å². The lowest BCUT2D eigenvalue weighted by Crippen LogP contribution is -2.41. The van der Waals surface area contributed by atoms with Crippen molar-refractivity contribution in [3.8, 4) is 0 Å². The Morgan fingerprint density at radius 1 is 1.11 bits per heavy atom. The number of hydrogen-bond acceptors (Lipinski definition) is 2. The van der Waals surface area contributed by atoms with Gasteiger partial charge in [-0.3, -0.25) is 0 Å². The zero-order chi connectivity index (χ0) is 13.8. The van der Waals surface area contributed by atoms with Gasteiger partial charge in [-0.2, -0.15) is 0 Å². The fourth-order valence-corrected chi connectivity index (χ4v) is 2.86. The topological polar surface area (TPSA) is 18.5 Å². The van der Waals surface area contributed by atoms with E-state index in [-0.39, 0.29) is 18.3 Å². The van der Waals surface area contributed by atoms with E-state index in [2.05, 4.69) is 58.9 Å². The van der Waals surface area contributed by atoms with Crippen molar-refractivity contribution in [2.24, 2.45) is 0 Å². The van der Waals surface area contributed by atoms with E-state index in [1.807, 2.05) is 0 Å². The summed E-state index contributed by atoms with van der Waals surface area (Å²) in [6.45, 7) is 10.6. The molecule has 19 heavy (non-hydrogen) atoms. The summed E-state index contributed by atoms with van der Waals surface area (Å²) < 4.78 is 12.3. The van der Waals surface area contributed by atoms with Crippen LogP contribution in [0.25, 0.3) is 0 Å². The standard InChI is InChI=1S/C16H23BO2/c1-11-7-6-8-12(9-11)13-10-14(13)17-18-15(2,3)16(4,5)19-17/h6-9,13-14H,10H2,1-5H3. The van der Waals surface area contributed by atoms with Gasteiger partial charge in [-0.25, -0.2) is 0 Å². The fraction of sp³-hybridized carbons (Fsp3) is 0.625. The summed E-state index contributed by atoms with van der Waals surface area (Å²) in [5.41, 5.74) is 2.34. The molecule has 102 valence electrons. The molecular weight excluding hydrogens is 235 g/mol. The maximum absolute atomic E-state index is 6.15. The molecule has 0 radical (unpaired) electrons. The van der Waals surface area contributed by atoms with Crippen molar-refractivity contribution in [2.45, 2.75) is 64.0 Å². The van der Waals surface area contributed by atoms with Crippen LogP contribution in [0.3, 0.4) is 0 Å². The number of benzene rings is 1. The Morgan fingerprint density at radius 2 is 1.74 bits per heavy atom. The molecule has 1 aromatic rings. The monoisotopic (exact) mass is 258 g/mol. The van der Waals surface area contributed by atoms with E-state index in [9.17, 15) is 0 Å². The van der Waals surface area contributed by atoms with E-state index in [1.165, 1.54) is 17.5 Å². The Labute approximate surface area is 116 Å². The van der Waals surface area contributed by atoms with Crippen LogP contribution in [-0.4, -0.2) is 18.3 Å². The summed E-state index contributed by atoms with van der Waals surface area (Å²) >= 11 is 0. The highest BCUT2D eigenvalue weighted by molar-refractivity contribution is 6.49. The van der Waals surface area contributed by atoms with Crippen molar-refractivity contribution < 1.29 is 9.31 Å². The van der Waals surface area contributed by atoms with Crippen molar-refractivity contribution in [3.63, 3.8) is 0 Å². The van der Waals surface area contributed by atoms with E-state index in [0.29, 0.717) is 11.7 Å². The SMILES string of the molecule is Cc1cccc(C2CC2B2OC(C)(C)C(C)(C)O2)c1. The molecule has 1 saturated carbocycles. The van der Waals surface area contributed by atoms with Crippen molar-refractivity contribution in [2.75, 3.05) is 0 Å². The highest BCUT2D eigenvalue weighted by Gasteiger charge is 2.59. The van der Waals surface area contributed by atoms with Crippen LogP contribution in [0.1, 0.15) is 51.2 Å². The van der Waals surface area contributed by atoms with Crippen LogP contribution in [0.2, 0.25) is 5.82 Å². The van der Waals surface area contributed by atoms with Gasteiger partial charge in [0.15, 0.2) is 0 Å². The van der Waals surface area contributed by atoms with Gasteiger partial charge in [-0.05, 0) is 52.5 Å². The molecule has 0 N–H and O–H groups in total. The van der Waals surface area contributed by atoms with E-state index in [0.717, 1.165) is 0 Å². The van der Waals surface area contributed by atoms with Gasteiger partial charge >= 0.3 is 7.12 Å². The first-order valence-corrected chi connectivity index (χ1v) is 7.22. The molecule has 1 aromatic carbocycles. The van der Waals surface area contributed by atoms with Crippen LogP contribution in [0, 0.1) is 6.92 Å². The Balaban J connectivity index is 1.72. The van der Waals surface area contributed by atoms with E-state index in [1.54, 1.807) is 0 Å². The normalized spacial score (nSPS) is 31.5. The van der Waals surface area contributed by atoms with Crippen LogP contribution in [0.15, 0.2) is 24.3 Å². The van der Waals surface area contributed by atoms with E-state index < -0.39 is 0 Å². The van der Waals surface area contributed by atoms with Crippen molar-refractivity contribution in [1.82, 2.24) is 0 Å². The van der Waals surface area contributed by atoms with Gasteiger partial charge in [-0.1, -0.05) is 29.8 Å². The molecule has 0 aromatic heterocycles. The molecule has 1 aliphatic carbocycles. The maximum atomic E-state index is 6.15.